The van der Waals surface area contributed by atoms with Crippen LogP contribution in [0.25, 0.3) is 0 Å². The summed E-state index contributed by atoms with van der Waals surface area (Å²) in [5, 5.41) is 2.82. The van der Waals surface area contributed by atoms with Crippen molar-refractivity contribution < 1.29 is 9.53 Å². The van der Waals surface area contributed by atoms with Gasteiger partial charge in [-0.1, -0.05) is 0 Å². The Morgan fingerprint density at radius 1 is 1.53 bits per heavy atom. The largest absolute Gasteiger partial charge is 0.481 e. The van der Waals surface area contributed by atoms with Crippen molar-refractivity contribution in [2.24, 2.45) is 7.05 Å². The smallest absolute Gasteiger partial charge is 0.268 e. The van der Waals surface area contributed by atoms with Gasteiger partial charge in [-0.05, 0) is 17.7 Å². The lowest BCUT2D eigenvalue weighted by Crippen LogP contribution is -2.24. The van der Waals surface area contributed by atoms with Gasteiger partial charge in [-0.3, -0.25) is 4.79 Å². The third kappa shape index (κ3) is 3.04. The van der Waals surface area contributed by atoms with Gasteiger partial charge in [0.25, 0.3) is 5.91 Å². The number of anilines is 1. The average molecular weight is 260 g/mol. The van der Waals surface area contributed by atoms with E-state index in [1.54, 1.807) is 43.3 Å². The Morgan fingerprint density at radius 3 is 2.95 bits per heavy atom. The van der Waals surface area contributed by atoms with Crippen molar-refractivity contribution in [1.82, 2.24) is 14.9 Å². The van der Waals surface area contributed by atoms with Gasteiger partial charge >= 0.3 is 0 Å². The molecule has 0 bridgehead atoms. The molecule has 2 aromatic heterocycles. The minimum Gasteiger partial charge on any atom is -0.481 e. The number of methoxy groups -OCH3 is 1. The highest BCUT2D eigenvalue weighted by molar-refractivity contribution is 5.93. The van der Waals surface area contributed by atoms with E-state index in [1.807, 2.05) is 6.07 Å². The highest BCUT2D eigenvalue weighted by atomic mass is 16.5. The number of nitrogens with one attached hydrogen (secondary N) is 1. The maximum Gasteiger partial charge on any atom is 0.268 e. The molecule has 0 fully saturated rings. The lowest BCUT2D eigenvalue weighted by Gasteiger charge is -2.07. The number of pyridine rings is 1. The van der Waals surface area contributed by atoms with E-state index in [4.69, 9.17) is 10.5 Å². The summed E-state index contributed by atoms with van der Waals surface area (Å²) in [5.41, 5.74) is 7.65. The van der Waals surface area contributed by atoms with Gasteiger partial charge in [-0.15, -0.1) is 0 Å². The molecule has 6 nitrogen and oxygen atoms in total. The first-order valence-electron chi connectivity index (χ1n) is 5.79. The van der Waals surface area contributed by atoms with Crippen molar-refractivity contribution in [3.63, 3.8) is 0 Å². The SMILES string of the molecule is COc1cc(CNC(=O)c2cc(N)cn2C)ccn1. The fourth-order valence-corrected chi connectivity index (χ4v) is 1.76. The summed E-state index contributed by atoms with van der Waals surface area (Å²) < 4.78 is 6.72. The molecule has 0 aliphatic rings. The number of hydrogen-bond acceptors (Lipinski definition) is 4. The third-order valence-corrected chi connectivity index (χ3v) is 2.72. The highest BCUT2D eigenvalue weighted by Crippen LogP contribution is 2.10. The van der Waals surface area contributed by atoms with E-state index in [2.05, 4.69) is 10.3 Å². The minimum atomic E-state index is -0.171. The summed E-state index contributed by atoms with van der Waals surface area (Å²) in [6.45, 7) is 0.406. The molecule has 0 saturated carbocycles. The number of nitrogen functional groups attached to an aromatic ring is 1. The molecule has 0 aromatic carbocycles. The molecule has 19 heavy (non-hydrogen) atoms. The van der Waals surface area contributed by atoms with Gasteiger partial charge in [0.1, 0.15) is 5.69 Å². The van der Waals surface area contributed by atoms with Gasteiger partial charge in [0.2, 0.25) is 5.88 Å². The third-order valence-electron chi connectivity index (χ3n) is 2.72. The van der Waals surface area contributed by atoms with Crippen LogP contribution in [0.1, 0.15) is 16.1 Å². The summed E-state index contributed by atoms with van der Waals surface area (Å²) in [6, 6.07) is 5.24. The van der Waals surface area contributed by atoms with Crippen molar-refractivity contribution in [2.75, 3.05) is 12.8 Å². The number of amides is 1. The fraction of sp³-hybridized carbons (Fsp3) is 0.231. The second-order valence-electron chi connectivity index (χ2n) is 4.16. The van der Waals surface area contributed by atoms with Crippen molar-refractivity contribution >= 4 is 11.6 Å². The Kier molecular flexibility index (Phi) is 3.70. The number of ether oxygens (including phenoxy) is 1. The van der Waals surface area contributed by atoms with E-state index in [0.29, 0.717) is 23.8 Å². The summed E-state index contributed by atoms with van der Waals surface area (Å²) in [4.78, 5) is 16.0. The molecule has 1 amide bonds. The standard InChI is InChI=1S/C13H16N4O2/c1-17-8-10(14)6-11(17)13(18)16-7-9-3-4-15-12(5-9)19-2/h3-6,8H,7,14H2,1-2H3,(H,16,18). The summed E-state index contributed by atoms with van der Waals surface area (Å²) in [6.07, 6.45) is 3.34. The Balaban J connectivity index is 2.02. The monoisotopic (exact) mass is 260 g/mol. The zero-order valence-electron chi connectivity index (χ0n) is 10.9. The van der Waals surface area contributed by atoms with Crippen LogP contribution in [0.3, 0.4) is 0 Å². The molecule has 6 heteroatoms. The molecular formula is C13H16N4O2. The van der Waals surface area contributed by atoms with E-state index >= 15 is 0 Å². The predicted molar refractivity (Wildman–Crippen MR) is 71.8 cm³/mol. The number of aryl methyl sites for hydroxylation is 1. The van der Waals surface area contributed by atoms with Gasteiger partial charge in [-0.25, -0.2) is 4.98 Å². The Bertz CT molecular complexity index is 592. The molecule has 0 aliphatic heterocycles. The highest BCUT2D eigenvalue weighted by Gasteiger charge is 2.10. The quantitative estimate of drug-likeness (QED) is 0.857. The van der Waals surface area contributed by atoms with Crippen LogP contribution in [0.2, 0.25) is 0 Å². The van der Waals surface area contributed by atoms with Gasteiger partial charge in [0, 0.05) is 32.1 Å². The topological polar surface area (TPSA) is 82.2 Å². The van der Waals surface area contributed by atoms with E-state index in [1.165, 1.54) is 0 Å². The number of nitrogens with two attached hydrogens (primary N) is 1. The molecule has 0 aliphatic carbocycles. The van der Waals surface area contributed by atoms with Crippen LogP contribution >= 0.6 is 0 Å². The van der Waals surface area contributed by atoms with Gasteiger partial charge < -0.3 is 20.4 Å². The van der Waals surface area contributed by atoms with Crippen LogP contribution in [0, 0.1) is 0 Å². The number of aromatic nitrogens is 2. The van der Waals surface area contributed by atoms with E-state index in [0.717, 1.165) is 5.56 Å². The Morgan fingerprint density at radius 2 is 2.32 bits per heavy atom. The van der Waals surface area contributed by atoms with Crippen molar-refractivity contribution in [3.8, 4) is 5.88 Å². The van der Waals surface area contributed by atoms with Gasteiger partial charge in [0.15, 0.2) is 0 Å². The maximum atomic E-state index is 12.0. The summed E-state index contributed by atoms with van der Waals surface area (Å²) >= 11 is 0. The summed E-state index contributed by atoms with van der Waals surface area (Å²) in [7, 11) is 3.33. The molecule has 0 atom stereocenters. The normalized spacial score (nSPS) is 10.2. The van der Waals surface area contributed by atoms with Crippen LogP contribution in [-0.4, -0.2) is 22.6 Å². The number of rotatable bonds is 4. The van der Waals surface area contributed by atoms with E-state index in [9.17, 15) is 4.79 Å². The minimum absolute atomic E-state index is 0.171. The first-order chi connectivity index (χ1) is 9.10. The van der Waals surface area contributed by atoms with Gasteiger partial charge in [0.05, 0.1) is 12.8 Å². The second kappa shape index (κ2) is 5.43. The van der Waals surface area contributed by atoms with E-state index < -0.39 is 0 Å². The first kappa shape index (κ1) is 12.9. The van der Waals surface area contributed by atoms with Crippen LogP contribution in [-0.2, 0) is 13.6 Å². The van der Waals surface area contributed by atoms with Gasteiger partial charge in [-0.2, -0.15) is 0 Å². The summed E-state index contributed by atoms with van der Waals surface area (Å²) in [5.74, 6) is 0.352. The molecule has 100 valence electrons. The van der Waals surface area contributed by atoms with Crippen molar-refractivity contribution in [2.45, 2.75) is 6.54 Å². The van der Waals surface area contributed by atoms with Crippen LogP contribution in [0.15, 0.2) is 30.6 Å². The fourth-order valence-electron chi connectivity index (χ4n) is 1.76. The Labute approximate surface area is 111 Å². The van der Waals surface area contributed by atoms with Crippen LogP contribution in [0.5, 0.6) is 5.88 Å². The first-order valence-corrected chi connectivity index (χ1v) is 5.79. The Hall–Kier alpha value is -2.50. The molecule has 2 aromatic rings. The lowest BCUT2D eigenvalue weighted by molar-refractivity contribution is 0.0942. The molecule has 0 radical (unpaired) electrons. The van der Waals surface area contributed by atoms with Crippen LogP contribution < -0.4 is 15.8 Å². The average Bonchev–Trinajstić information content (AvgIpc) is 2.75. The molecule has 3 N–H and O–H groups in total. The number of hydrogen-bond donors (Lipinski definition) is 2. The zero-order valence-corrected chi connectivity index (χ0v) is 10.9. The van der Waals surface area contributed by atoms with Crippen molar-refractivity contribution in [3.05, 3.63) is 41.9 Å². The van der Waals surface area contributed by atoms with Crippen molar-refractivity contribution in [1.29, 1.82) is 0 Å². The molecule has 2 heterocycles. The van der Waals surface area contributed by atoms with E-state index in [-0.39, 0.29) is 5.91 Å². The molecule has 0 unspecified atom stereocenters. The number of nitrogens with zero attached hydrogens (tertiary/aromatic N) is 2. The number of carbonyl (C=O) groups is 1. The zero-order chi connectivity index (χ0) is 13.8. The maximum absolute atomic E-state index is 12.0. The molecule has 2 rings (SSSR count). The van der Waals surface area contributed by atoms with Crippen LogP contribution in [0.4, 0.5) is 5.69 Å². The molecule has 0 spiro atoms. The lowest BCUT2D eigenvalue weighted by atomic mass is 10.2. The molecule has 0 saturated heterocycles. The second-order valence-corrected chi connectivity index (χ2v) is 4.16. The number of carbonyl (C=O) groups excluding carboxylic acids is 1. The molecular weight excluding hydrogens is 244 g/mol. The predicted octanol–water partition coefficient (Wildman–Crippen LogP) is 0.941.